The number of halogens is 2. The van der Waals surface area contributed by atoms with Crippen LogP contribution in [0.5, 0.6) is 0 Å². The molecule has 1 N–H and O–H groups in total. The number of amides is 1. The van der Waals surface area contributed by atoms with Crippen LogP contribution < -0.4 is 5.48 Å². The van der Waals surface area contributed by atoms with Crippen molar-refractivity contribution in [3.63, 3.8) is 0 Å². The minimum atomic E-state index is -0.362. The summed E-state index contributed by atoms with van der Waals surface area (Å²) in [4.78, 5) is 18.9. The van der Waals surface area contributed by atoms with Gasteiger partial charge in [0.15, 0.2) is 6.29 Å². The number of hydrogen-bond acceptors (Lipinski definition) is 4. The molecule has 1 aliphatic heterocycles. The van der Waals surface area contributed by atoms with E-state index < -0.39 is 0 Å². The summed E-state index contributed by atoms with van der Waals surface area (Å²) in [6.07, 6.45) is 2.50. The highest BCUT2D eigenvalue weighted by molar-refractivity contribution is 7.17. The van der Waals surface area contributed by atoms with Gasteiger partial charge in [0, 0.05) is 28.0 Å². The SMILES string of the molecule is O=C(NO[C@H]1CCCCO1)c1ccc(-c2cc(Cl)cc(Cl)c2)s1. The van der Waals surface area contributed by atoms with Gasteiger partial charge in [0.2, 0.25) is 0 Å². The van der Waals surface area contributed by atoms with Gasteiger partial charge in [-0.2, -0.15) is 0 Å². The Kier molecular flexibility index (Phi) is 5.56. The molecule has 0 aliphatic carbocycles. The maximum atomic E-state index is 12.1. The molecule has 0 bridgehead atoms. The third-order valence-electron chi connectivity index (χ3n) is 3.40. The van der Waals surface area contributed by atoms with E-state index in [1.54, 1.807) is 12.1 Å². The predicted molar refractivity (Wildman–Crippen MR) is 91.9 cm³/mol. The summed E-state index contributed by atoms with van der Waals surface area (Å²) in [7, 11) is 0. The predicted octanol–water partition coefficient (Wildman–Crippen LogP) is 4.91. The number of carbonyl (C=O) groups excluding carboxylic acids is 1. The molecule has 1 aliphatic rings. The van der Waals surface area contributed by atoms with Crippen LogP contribution in [0.25, 0.3) is 10.4 Å². The van der Waals surface area contributed by atoms with Crippen LogP contribution in [-0.2, 0) is 9.57 Å². The molecule has 1 atom stereocenters. The Morgan fingerprint density at radius 2 is 2.00 bits per heavy atom. The first-order valence-corrected chi connectivity index (χ1v) is 8.83. The van der Waals surface area contributed by atoms with Crippen molar-refractivity contribution in [3.8, 4) is 10.4 Å². The monoisotopic (exact) mass is 371 g/mol. The normalized spacial score (nSPS) is 17.9. The molecule has 0 unspecified atom stereocenters. The van der Waals surface area contributed by atoms with Crippen LogP contribution in [0.1, 0.15) is 28.9 Å². The second kappa shape index (κ2) is 7.64. The highest BCUT2D eigenvalue weighted by Crippen LogP contribution is 2.32. The Bertz CT molecular complexity index is 678. The quantitative estimate of drug-likeness (QED) is 0.776. The lowest BCUT2D eigenvalue weighted by Gasteiger charge is -2.21. The Labute approximate surface area is 148 Å². The zero-order valence-electron chi connectivity index (χ0n) is 12.2. The molecule has 1 aromatic carbocycles. The van der Waals surface area contributed by atoms with Crippen molar-refractivity contribution in [1.29, 1.82) is 0 Å². The molecule has 3 rings (SSSR count). The first-order chi connectivity index (χ1) is 11.1. The van der Waals surface area contributed by atoms with E-state index in [0.717, 1.165) is 29.7 Å². The Morgan fingerprint density at radius 3 is 2.70 bits per heavy atom. The van der Waals surface area contributed by atoms with Gasteiger partial charge in [-0.25, -0.2) is 10.3 Å². The average molecular weight is 372 g/mol. The molecule has 122 valence electrons. The van der Waals surface area contributed by atoms with Crippen LogP contribution >= 0.6 is 34.5 Å². The van der Waals surface area contributed by atoms with Crippen molar-refractivity contribution in [1.82, 2.24) is 5.48 Å². The van der Waals surface area contributed by atoms with Gasteiger partial charge < -0.3 is 4.74 Å². The Balaban J connectivity index is 1.64. The number of hydrogen-bond donors (Lipinski definition) is 1. The van der Waals surface area contributed by atoms with Crippen LogP contribution in [-0.4, -0.2) is 18.8 Å². The average Bonchev–Trinajstić information content (AvgIpc) is 3.03. The fraction of sp³-hybridized carbons (Fsp3) is 0.312. The van der Waals surface area contributed by atoms with Crippen molar-refractivity contribution in [2.75, 3.05) is 6.61 Å². The smallest absolute Gasteiger partial charge is 0.285 e. The number of rotatable bonds is 4. The molecule has 4 nitrogen and oxygen atoms in total. The fourth-order valence-corrected chi connectivity index (χ4v) is 3.69. The topological polar surface area (TPSA) is 47.6 Å². The molecule has 1 saturated heterocycles. The molecule has 1 amide bonds. The molecule has 0 spiro atoms. The summed E-state index contributed by atoms with van der Waals surface area (Å²) in [6.45, 7) is 0.666. The number of benzene rings is 1. The van der Waals surface area contributed by atoms with E-state index >= 15 is 0 Å². The standard InChI is InChI=1S/C16H15Cl2NO3S/c17-11-7-10(8-12(18)9-11)13-4-5-14(23-13)16(20)19-22-15-3-1-2-6-21-15/h4-5,7-9,15H,1-3,6H2,(H,19,20)/t15-/m0/s1. The third kappa shape index (κ3) is 4.46. The van der Waals surface area contributed by atoms with Crippen LogP contribution in [0.3, 0.4) is 0 Å². The molecule has 0 radical (unpaired) electrons. The van der Waals surface area contributed by atoms with E-state index in [9.17, 15) is 4.79 Å². The maximum absolute atomic E-state index is 12.1. The van der Waals surface area contributed by atoms with Gasteiger partial charge >= 0.3 is 0 Å². The Morgan fingerprint density at radius 1 is 1.22 bits per heavy atom. The number of nitrogens with one attached hydrogen (secondary N) is 1. The first kappa shape index (κ1) is 16.7. The molecule has 1 aromatic heterocycles. The van der Waals surface area contributed by atoms with Gasteiger partial charge in [0.05, 0.1) is 4.88 Å². The molecule has 1 fully saturated rings. The highest BCUT2D eigenvalue weighted by atomic mass is 35.5. The number of thiophene rings is 1. The fourth-order valence-electron chi connectivity index (χ4n) is 2.28. The molecule has 2 aromatic rings. The number of ether oxygens (including phenoxy) is 1. The van der Waals surface area contributed by atoms with Gasteiger partial charge in [-0.3, -0.25) is 4.79 Å². The highest BCUT2D eigenvalue weighted by Gasteiger charge is 2.17. The number of carbonyl (C=O) groups is 1. The van der Waals surface area contributed by atoms with Crippen LogP contribution in [0.4, 0.5) is 0 Å². The zero-order valence-corrected chi connectivity index (χ0v) is 14.5. The summed E-state index contributed by atoms with van der Waals surface area (Å²) < 4.78 is 5.40. The summed E-state index contributed by atoms with van der Waals surface area (Å²) in [5.74, 6) is -0.288. The van der Waals surface area contributed by atoms with E-state index in [0.29, 0.717) is 21.5 Å². The summed E-state index contributed by atoms with van der Waals surface area (Å²) in [5.41, 5.74) is 3.33. The van der Waals surface area contributed by atoms with Gasteiger partial charge in [-0.05, 0) is 48.7 Å². The molecular weight excluding hydrogens is 357 g/mol. The molecule has 7 heteroatoms. The van der Waals surface area contributed by atoms with Gasteiger partial charge in [-0.15, -0.1) is 11.3 Å². The zero-order chi connectivity index (χ0) is 16.2. The minimum absolute atomic E-state index is 0.288. The second-order valence-corrected chi connectivity index (χ2v) is 7.12. The molecule has 0 saturated carbocycles. The molecular formula is C16H15Cl2NO3S. The van der Waals surface area contributed by atoms with Gasteiger partial charge in [0.1, 0.15) is 0 Å². The van der Waals surface area contributed by atoms with E-state index in [-0.39, 0.29) is 12.2 Å². The second-order valence-electron chi connectivity index (χ2n) is 5.17. The number of hydroxylamine groups is 1. The third-order valence-corrected chi connectivity index (χ3v) is 4.97. The molecule has 2 heterocycles. The Hall–Kier alpha value is -1.11. The summed E-state index contributed by atoms with van der Waals surface area (Å²) in [6, 6.07) is 8.90. The largest absolute Gasteiger partial charge is 0.350 e. The van der Waals surface area contributed by atoms with Gasteiger partial charge in [-0.1, -0.05) is 23.2 Å². The van der Waals surface area contributed by atoms with Gasteiger partial charge in [0.25, 0.3) is 5.91 Å². The molecule has 23 heavy (non-hydrogen) atoms. The van der Waals surface area contributed by atoms with Crippen LogP contribution in [0.2, 0.25) is 10.0 Å². The van der Waals surface area contributed by atoms with E-state index in [1.165, 1.54) is 11.3 Å². The van der Waals surface area contributed by atoms with Crippen molar-refractivity contribution in [2.45, 2.75) is 25.6 Å². The van der Waals surface area contributed by atoms with Crippen molar-refractivity contribution >= 4 is 40.4 Å². The maximum Gasteiger partial charge on any atom is 0.285 e. The van der Waals surface area contributed by atoms with Crippen LogP contribution in [0.15, 0.2) is 30.3 Å². The minimum Gasteiger partial charge on any atom is -0.350 e. The van der Waals surface area contributed by atoms with Crippen molar-refractivity contribution in [3.05, 3.63) is 45.3 Å². The lowest BCUT2D eigenvalue weighted by molar-refractivity contribution is -0.186. The summed E-state index contributed by atoms with van der Waals surface area (Å²) in [5, 5.41) is 1.12. The first-order valence-electron chi connectivity index (χ1n) is 7.26. The van der Waals surface area contributed by atoms with Crippen molar-refractivity contribution < 1.29 is 14.4 Å². The van der Waals surface area contributed by atoms with Crippen molar-refractivity contribution in [2.24, 2.45) is 0 Å². The summed E-state index contributed by atoms with van der Waals surface area (Å²) >= 11 is 13.4. The van der Waals surface area contributed by atoms with E-state index in [1.807, 2.05) is 18.2 Å². The lowest BCUT2D eigenvalue weighted by atomic mass is 10.2. The van der Waals surface area contributed by atoms with E-state index in [2.05, 4.69) is 5.48 Å². The lowest BCUT2D eigenvalue weighted by Crippen LogP contribution is -2.32. The van der Waals surface area contributed by atoms with Crippen LogP contribution in [0, 0.1) is 0 Å². The van der Waals surface area contributed by atoms with E-state index in [4.69, 9.17) is 32.8 Å².